The van der Waals surface area contributed by atoms with Gasteiger partial charge in [0.15, 0.2) is 5.78 Å². The molecule has 2 heterocycles. The Morgan fingerprint density at radius 2 is 1.89 bits per heavy atom. The molecule has 1 aromatic carbocycles. The molecule has 1 aliphatic carbocycles. The number of thiazole rings is 1. The molecule has 1 saturated heterocycles. The van der Waals surface area contributed by atoms with Crippen LogP contribution in [0.2, 0.25) is 0 Å². The second-order valence-corrected chi connectivity index (χ2v) is 10.4. The first-order chi connectivity index (χ1) is 17.5. The van der Waals surface area contributed by atoms with Gasteiger partial charge in [-0.2, -0.15) is 0 Å². The molecule has 1 N–H and O–H groups in total. The van der Waals surface area contributed by atoms with E-state index in [0.29, 0.717) is 36.6 Å². The van der Waals surface area contributed by atoms with Gasteiger partial charge in [0.1, 0.15) is 11.4 Å². The molecule has 8 heteroatoms. The zero-order valence-corrected chi connectivity index (χ0v) is 21.8. The minimum absolute atomic E-state index is 0.0163. The Balaban J connectivity index is 1.18. The Bertz CT molecular complexity index is 1080. The van der Waals surface area contributed by atoms with Crippen LogP contribution in [0.5, 0.6) is 5.75 Å². The molecular weight excluding hydrogens is 474 g/mol. The first-order valence-electron chi connectivity index (χ1n) is 12.9. The number of nitrogens with zero attached hydrogens (tertiary/aromatic N) is 2. The number of ether oxygens (including phenoxy) is 1. The third-order valence-corrected chi connectivity index (χ3v) is 8.05. The molecule has 2 aliphatic rings. The van der Waals surface area contributed by atoms with Crippen molar-refractivity contribution in [1.29, 1.82) is 0 Å². The number of piperidine rings is 1. The molecule has 0 unspecified atom stereocenters. The van der Waals surface area contributed by atoms with Gasteiger partial charge in [0.25, 0.3) is 5.91 Å². The maximum absolute atomic E-state index is 12.7. The lowest BCUT2D eigenvalue weighted by atomic mass is 9.97. The van der Waals surface area contributed by atoms with Crippen LogP contribution in [0.4, 0.5) is 0 Å². The molecule has 2 amide bonds. The second kappa shape index (κ2) is 12.8. The molecule has 0 atom stereocenters. The molecule has 1 fully saturated rings. The van der Waals surface area contributed by atoms with Gasteiger partial charge in [-0.1, -0.05) is 11.6 Å². The normalized spacial score (nSPS) is 16.4. The SMILES string of the molecule is COc1ccc(C(=O)CCC(=O)N2CCC(c3nc(C(=O)NCCC4=CCCCC4)cs3)CC2)cc1. The van der Waals surface area contributed by atoms with Crippen molar-refractivity contribution < 1.29 is 19.1 Å². The van der Waals surface area contributed by atoms with Gasteiger partial charge in [-0.3, -0.25) is 14.4 Å². The lowest BCUT2D eigenvalue weighted by molar-refractivity contribution is -0.132. The van der Waals surface area contributed by atoms with Gasteiger partial charge in [0.2, 0.25) is 5.91 Å². The highest BCUT2D eigenvalue weighted by molar-refractivity contribution is 7.09. The number of benzene rings is 1. The fraction of sp³-hybridized carbons (Fsp3) is 0.500. The molecule has 1 aromatic heterocycles. The van der Waals surface area contributed by atoms with E-state index in [1.807, 2.05) is 10.3 Å². The van der Waals surface area contributed by atoms with Crippen LogP contribution in [0, 0.1) is 0 Å². The number of ketones is 1. The largest absolute Gasteiger partial charge is 0.497 e. The average Bonchev–Trinajstić information content (AvgIpc) is 3.43. The van der Waals surface area contributed by atoms with Crippen molar-refractivity contribution in [1.82, 2.24) is 15.2 Å². The molecule has 192 valence electrons. The van der Waals surface area contributed by atoms with E-state index in [-0.39, 0.29) is 36.4 Å². The Kier molecular flexibility index (Phi) is 9.28. The number of aromatic nitrogens is 1. The predicted molar refractivity (Wildman–Crippen MR) is 141 cm³/mol. The van der Waals surface area contributed by atoms with Crippen LogP contribution in [0.3, 0.4) is 0 Å². The van der Waals surface area contributed by atoms with Crippen molar-refractivity contribution in [2.45, 2.75) is 63.7 Å². The van der Waals surface area contributed by atoms with Gasteiger partial charge in [0.05, 0.1) is 12.1 Å². The number of nitrogens with one attached hydrogen (secondary N) is 1. The second-order valence-electron chi connectivity index (χ2n) is 9.49. The maximum Gasteiger partial charge on any atom is 0.270 e. The van der Waals surface area contributed by atoms with E-state index in [2.05, 4.69) is 16.4 Å². The summed E-state index contributed by atoms with van der Waals surface area (Å²) in [6, 6.07) is 6.97. The zero-order chi connectivity index (χ0) is 25.3. The molecule has 36 heavy (non-hydrogen) atoms. The molecule has 0 saturated carbocycles. The van der Waals surface area contributed by atoms with Gasteiger partial charge in [-0.05, 0) is 69.2 Å². The van der Waals surface area contributed by atoms with Gasteiger partial charge in [-0.15, -0.1) is 11.3 Å². The van der Waals surface area contributed by atoms with Crippen molar-refractivity contribution in [2.24, 2.45) is 0 Å². The summed E-state index contributed by atoms with van der Waals surface area (Å²) in [6.07, 6.45) is 10.1. The van der Waals surface area contributed by atoms with E-state index >= 15 is 0 Å². The number of Topliss-reactive ketones (excluding diaryl/α,β-unsaturated/α-hetero) is 1. The molecular formula is C28H35N3O4S. The van der Waals surface area contributed by atoms with E-state index in [4.69, 9.17) is 4.74 Å². The number of allylic oxidation sites excluding steroid dienone is 1. The Morgan fingerprint density at radius 1 is 1.11 bits per heavy atom. The van der Waals surface area contributed by atoms with Crippen molar-refractivity contribution in [2.75, 3.05) is 26.7 Å². The summed E-state index contributed by atoms with van der Waals surface area (Å²) in [6.45, 7) is 1.95. The topological polar surface area (TPSA) is 88.6 Å². The zero-order valence-electron chi connectivity index (χ0n) is 21.0. The van der Waals surface area contributed by atoms with Crippen LogP contribution in [0.1, 0.15) is 89.6 Å². The molecule has 0 radical (unpaired) electrons. The van der Waals surface area contributed by atoms with Crippen molar-refractivity contribution in [3.63, 3.8) is 0 Å². The van der Waals surface area contributed by atoms with Crippen LogP contribution in [0.25, 0.3) is 0 Å². The minimum Gasteiger partial charge on any atom is -0.497 e. The quantitative estimate of drug-likeness (QED) is 0.354. The first-order valence-corrected chi connectivity index (χ1v) is 13.8. The molecule has 1 aliphatic heterocycles. The molecule has 7 nitrogen and oxygen atoms in total. The van der Waals surface area contributed by atoms with Crippen molar-refractivity contribution >= 4 is 28.9 Å². The minimum atomic E-state index is -0.108. The Morgan fingerprint density at radius 3 is 2.58 bits per heavy atom. The van der Waals surface area contributed by atoms with Crippen LogP contribution in [0.15, 0.2) is 41.3 Å². The summed E-state index contributed by atoms with van der Waals surface area (Å²) in [4.78, 5) is 44.1. The number of carbonyl (C=O) groups is 3. The van der Waals surface area contributed by atoms with Gasteiger partial charge < -0.3 is 15.0 Å². The number of methoxy groups -OCH3 is 1. The first kappa shape index (κ1) is 26.1. The average molecular weight is 510 g/mol. The van der Waals surface area contributed by atoms with Crippen LogP contribution >= 0.6 is 11.3 Å². The third-order valence-electron chi connectivity index (χ3n) is 7.05. The fourth-order valence-corrected chi connectivity index (χ4v) is 5.79. The Labute approximate surface area is 216 Å². The predicted octanol–water partition coefficient (Wildman–Crippen LogP) is 5.14. The smallest absolute Gasteiger partial charge is 0.270 e. The summed E-state index contributed by atoms with van der Waals surface area (Å²) in [7, 11) is 1.58. The highest BCUT2D eigenvalue weighted by atomic mass is 32.1. The summed E-state index contributed by atoms with van der Waals surface area (Å²) in [5.41, 5.74) is 2.53. The number of rotatable bonds is 10. The van der Waals surface area contributed by atoms with Gasteiger partial charge >= 0.3 is 0 Å². The van der Waals surface area contributed by atoms with E-state index < -0.39 is 0 Å². The van der Waals surface area contributed by atoms with E-state index in [9.17, 15) is 14.4 Å². The summed E-state index contributed by atoms with van der Waals surface area (Å²) < 4.78 is 5.12. The van der Waals surface area contributed by atoms with Crippen LogP contribution in [-0.2, 0) is 4.79 Å². The molecule has 2 aromatic rings. The van der Waals surface area contributed by atoms with Crippen molar-refractivity contribution in [3.05, 3.63) is 57.6 Å². The van der Waals surface area contributed by atoms with Crippen LogP contribution in [-0.4, -0.2) is 54.2 Å². The lowest BCUT2D eigenvalue weighted by Gasteiger charge is -2.31. The van der Waals surface area contributed by atoms with Gasteiger partial charge in [0, 0.05) is 49.3 Å². The van der Waals surface area contributed by atoms with E-state index in [0.717, 1.165) is 37.1 Å². The fourth-order valence-electron chi connectivity index (χ4n) is 4.81. The molecule has 4 rings (SSSR count). The van der Waals surface area contributed by atoms with E-state index in [1.54, 1.807) is 31.4 Å². The summed E-state index contributed by atoms with van der Waals surface area (Å²) >= 11 is 1.53. The number of amides is 2. The lowest BCUT2D eigenvalue weighted by Crippen LogP contribution is -2.38. The maximum atomic E-state index is 12.7. The summed E-state index contributed by atoms with van der Waals surface area (Å²) in [5, 5.41) is 5.81. The standard InChI is InChI=1S/C28H35N3O4S/c1-35-23-9-7-21(8-10-23)25(32)11-12-26(33)31-17-14-22(15-18-31)28-30-24(19-36-28)27(34)29-16-13-20-5-3-2-4-6-20/h5,7-10,19,22H,2-4,6,11-18H2,1H3,(H,29,34). The Hall–Kier alpha value is -3.00. The number of hydrogen-bond donors (Lipinski definition) is 1. The number of hydrogen-bond acceptors (Lipinski definition) is 6. The summed E-state index contributed by atoms with van der Waals surface area (Å²) in [5.74, 6) is 0.829. The monoisotopic (exact) mass is 509 g/mol. The third kappa shape index (κ3) is 7.03. The van der Waals surface area contributed by atoms with Gasteiger partial charge in [-0.25, -0.2) is 4.98 Å². The number of likely N-dealkylation sites (tertiary alicyclic amines) is 1. The van der Waals surface area contributed by atoms with Crippen molar-refractivity contribution in [3.8, 4) is 5.75 Å². The van der Waals surface area contributed by atoms with Crippen LogP contribution < -0.4 is 10.1 Å². The number of carbonyl (C=O) groups excluding carboxylic acids is 3. The molecule has 0 spiro atoms. The highest BCUT2D eigenvalue weighted by Crippen LogP contribution is 2.30. The highest BCUT2D eigenvalue weighted by Gasteiger charge is 2.26. The molecule has 0 bridgehead atoms. The van der Waals surface area contributed by atoms with E-state index in [1.165, 1.54) is 29.8 Å².